The van der Waals surface area contributed by atoms with Crippen molar-refractivity contribution in [2.24, 2.45) is 11.1 Å². The van der Waals surface area contributed by atoms with Crippen LogP contribution >= 0.6 is 0 Å². The molecule has 3 aromatic rings. The number of rotatable bonds is 3. The van der Waals surface area contributed by atoms with Crippen LogP contribution in [0, 0.1) is 16.7 Å². The van der Waals surface area contributed by atoms with Gasteiger partial charge in [-0.05, 0) is 29.2 Å². The third-order valence-corrected chi connectivity index (χ3v) is 3.99. The molecule has 1 aromatic carbocycles. The Bertz CT molecular complexity index is 979. The van der Waals surface area contributed by atoms with Crippen molar-refractivity contribution in [3.63, 3.8) is 0 Å². The monoisotopic (exact) mass is 388 g/mol. The van der Waals surface area contributed by atoms with Gasteiger partial charge in [0.2, 0.25) is 0 Å². The molecule has 28 heavy (non-hydrogen) atoms. The molecule has 2 heterocycles. The van der Waals surface area contributed by atoms with Crippen molar-refractivity contribution in [1.29, 1.82) is 5.26 Å². The fourth-order valence-electron chi connectivity index (χ4n) is 2.98. The number of nitrogens with zero attached hydrogens (tertiary/aromatic N) is 3. The molecule has 0 fully saturated rings. The van der Waals surface area contributed by atoms with E-state index in [2.05, 4.69) is 43.7 Å². The molecule has 7 heteroatoms. The normalized spacial score (nSPS) is 11.2. The van der Waals surface area contributed by atoms with E-state index in [1.165, 1.54) is 0 Å². The molecule has 2 aromatic heterocycles. The number of hydrogen-bond donors (Lipinski definition) is 1. The van der Waals surface area contributed by atoms with E-state index in [4.69, 9.17) is 10.7 Å². The van der Waals surface area contributed by atoms with Gasteiger partial charge >= 0.3 is 6.68 Å². The number of fused-ring (bicyclic) bond motifs is 1. The number of alkyl halides is 3. The van der Waals surface area contributed by atoms with Crippen molar-refractivity contribution < 1.29 is 13.2 Å². The molecule has 0 unspecified atom stereocenters. The highest BCUT2D eigenvalue weighted by Crippen LogP contribution is 2.28. The highest BCUT2D eigenvalue weighted by atomic mass is 19.4. The molecule has 0 spiro atoms. The van der Waals surface area contributed by atoms with E-state index in [0.29, 0.717) is 12.1 Å². The summed E-state index contributed by atoms with van der Waals surface area (Å²) in [5.74, 6) is 0. The number of benzene rings is 1. The van der Waals surface area contributed by atoms with E-state index in [1.54, 1.807) is 0 Å². The molecular formula is C21H23F3N4. The van der Waals surface area contributed by atoms with Crippen LogP contribution in [0.1, 0.15) is 31.9 Å². The van der Waals surface area contributed by atoms with E-state index in [9.17, 15) is 18.4 Å². The Morgan fingerprint density at radius 3 is 2.36 bits per heavy atom. The average Bonchev–Trinajstić information content (AvgIpc) is 2.96. The third-order valence-electron chi connectivity index (χ3n) is 3.99. The SMILES string of the molecule is CC(C)(C)Cn1cc(CN)c2ccc(-c3ccccc3C#N)nc21.FC(F)F. The van der Waals surface area contributed by atoms with E-state index in [0.717, 1.165) is 34.4 Å². The molecule has 0 aliphatic rings. The van der Waals surface area contributed by atoms with Gasteiger partial charge in [0.15, 0.2) is 0 Å². The van der Waals surface area contributed by atoms with Gasteiger partial charge in [-0.15, -0.1) is 0 Å². The first-order chi connectivity index (χ1) is 13.2. The smallest absolute Gasteiger partial charge is 0.332 e. The average molecular weight is 388 g/mol. The molecule has 0 atom stereocenters. The van der Waals surface area contributed by atoms with Gasteiger partial charge in [0.25, 0.3) is 0 Å². The van der Waals surface area contributed by atoms with E-state index < -0.39 is 6.68 Å². The topological polar surface area (TPSA) is 67.6 Å². The van der Waals surface area contributed by atoms with Crippen LogP contribution in [0.4, 0.5) is 13.2 Å². The molecule has 3 rings (SSSR count). The molecule has 0 amide bonds. The maximum atomic E-state index is 9.67. The Balaban J connectivity index is 0.000000640. The molecule has 4 nitrogen and oxygen atoms in total. The van der Waals surface area contributed by atoms with Crippen molar-refractivity contribution in [3.8, 4) is 17.3 Å². The maximum Gasteiger partial charge on any atom is 0.379 e. The van der Waals surface area contributed by atoms with Crippen LogP contribution in [0.25, 0.3) is 22.3 Å². The van der Waals surface area contributed by atoms with Crippen LogP contribution < -0.4 is 5.73 Å². The van der Waals surface area contributed by atoms with Gasteiger partial charge in [-0.3, -0.25) is 0 Å². The van der Waals surface area contributed by atoms with Gasteiger partial charge in [-0.25, -0.2) is 4.98 Å². The van der Waals surface area contributed by atoms with Gasteiger partial charge in [-0.1, -0.05) is 39.0 Å². The third kappa shape index (κ3) is 5.33. The summed E-state index contributed by atoms with van der Waals surface area (Å²) in [6.07, 6.45) is 2.10. The molecule has 0 bridgehead atoms. The summed E-state index contributed by atoms with van der Waals surface area (Å²) < 4.78 is 31.2. The Morgan fingerprint density at radius 1 is 1.14 bits per heavy atom. The lowest BCUT2D eigenvalue weighted by atomic mass is 9.97. The second kappa shape index (κ2) is 8.89. The lowest BCUT2D eigenvalue weighted by Gasteiger charge is -2.19. The zero-order valence-electron chi connectivity index (χ0n) is 16.1. The number of nitrogens with two attached hydrogens (primary N) is 1. The maximum absolute atomic E-state index is 9.67. The summed E-state index contributed by atoms with van der Waals surface area (Å²) in [5.41, 5.74) is 10.4. The Kier molecular flexibility index (Phi) is 6.81. The Hall–Kier alpha value is -2.85. The van der Waals surface area contributed by atoms with Gasteiger partial charge < -0.3 is 10.3 Å². The summed E-state index contributed by atoms with van der Waals surface area (Å²) in [4.78, 5) is 4.86. The van der Waals surface area contributed by atoms with E-state index >= 15 is 0 Å². The molecule has 0 radical (unpaired) electrons. The molecule has 0 aliphatic heterocycles. The summed E-state index contributed by atoms with van der Waals surface area (Å²) in [5, 5.41) is 10.4. The van der Waals surface area contributed by atoms with E-state index in [-0.39, 0.29) is 5.41 Å². The van der Waals surface area contributed by atoms with Crippen molar-refractivity contribution in [2.75, 3.05) is 0 Å². The number of nitriles is 1. The first-order valence-electron chi connectivity index (χ1n) is 8.77. The largest absolute Gasteiger partial charge is 0.379 e. The zero-order valence-corrected chi connectivity index (χ0v) is 16.1. The van der Waals surface area contributed by atoms with Crippen LogP contribution in [-0.4, -0.2) is 16.2 Å². The van der Waals surface area contributed by atoms with Crippen molar-refractivity contribution in [1.82, 2.24) is 9.55 Å². The molecular weight excluding hydrogens is 365 g/mol. The quantitative estimate of drug-likeness (QED) is 0.666. The summed E-state index contributed by atoms with van der Waals surface area (Å²) in [6.45, 7) is 4.30. The van der Waals surface area contributed by atoms with Crippen molar-refractivity contribution in [3.05, 3.63) is 53.7 Å². The minimum atomic E-state index is -3.67. The second-order valence-electron chi connectivity index (χ2n) is 7.52. The molecule has 0 saturated heterocycles. The van der Waals surface area contributed by atoms with Crippen LogP contribution in [0.5, 0.6) is 0 Å². The van der Waals surface area contributed by atoms with Gasteiger partial charge in [0.1, 0.15) is 5.65 Å². The summed E-state index contributed by atoms with van der Waals surface area (Å²) in [6, 6.07) is 13.8. The lowest BCUT2D eigenvalue weighted by Crippen LogP contribution is -2.15. The van der Waals surface area contributed by atoms with Crippen LogP contribution in [0.15, 0.2) is 42.6 Å². The van der Waals surface area contributed by atoms with Crippen molar-refractivity contribution in [2.45, 2.75) is 40.5 Å². The molecule has 0 saturated carbocycles. The lowest BCUT2D eigenvalue weighted by molar-refractivity contribution is 0.00819. The van der Waals surface area contributed by atoms with Gasteiger partial charge in [-0.2, -0.15) is 18.4 Å². The number of halogens is 3. The van der Waals surface area contributed by atoms with Gasteiger partial charge in [0.05, 0.1) is 17.3 Å². The van der Waals surface area contributed by atoms with Crippen molar-refractivity contribution >= 4 is 11.0 Å². The first kappa shape index (κ1) is 21.5. The standard InChI is InChI=1S/C20H22N4.CHF3/c1-20(2,3)13-24-12-15(11-22)17-8-9-18(23-19(17)24)16-7-5-4-6-14(16)10-21;2-1(3)4/h4-9,12H,11,13,22H2,1-3H3;1H. The highest BCUT2D eigenvalue weighted by molar-refractivity contribution is 5.84. The highest BCUT2D eigenvalue weighted by Gasteiger charge is 2.17. The number of aromatic nitrogens is 2. The molecule has 0 aliphatic carbocycles. The van der Waals surface area contributed by atoms with Crippen LogP contribution in [0.2, 0.25) is 0 Å². The Morgan fingerprint density at radius 2 is 1.79 bits per heavy atom. The fraction of sp³-hybridized carbons (Fsp3) is 0.333. The second-order valence-corrected chi connectivity index (χ2v) is 7.52. The molecule has 2 N–H and O–H groups in total. The zero-order chi connectivity index (χ0) is 20.9. The number of pyridine rings is 1. The molecule has 148 valence electrons. The fourth-order valence-corrected chi connectivity index (χ4v) is 2.98. The van der Waals surface area contributed by atoms with Crippen LogP contribution in [-0.2, 0) is 13.1 Å². The predicted molar refractivity (Wildman–Crippen MR) is 104 cm³/mol. The minimum absolute atomic E-state index is 0.139. The summed E-state index contributed by atoms with van der Waals surface area (Å²) in [7, 11) is 0. The number of hydrogen-bond acceptors (Lipinski definition) is 3. The first-order valence-corrected chi connectivity index (χ1v) is 8.77. The van der Waals surface area contributed by atoms with Gasteiger partial charge in [0, 0.05) is 30.2 Å². The Labute approximate surface area is 162 Å². The predicted octanol–water partition coefficient (Wildman–Crippen LogP) is 5.26. The van der Waals surface area contributed by atoms with Crippen LogP contribution in [0.3, 0.4) is 0 Å². The summed E-state index contributed by atoms with van der Waals surface area (Å²) >= 11 is 0. The minimum Gasteiger partial charge on any atom is -0.332 e. The van der Waals surface area contributed by atoms with E-state index in [1.807, 2.05) is 30.3 Å².